The number of para-hydroxylation sites is 1. The van der Waals surface area contributed by atoms with Gasteiger partial charge in [-0.1, -0.05) is 78.6 Å². The van der Waals surface area contributed by atoms with Crippen molar-refractivity contribution in [3.05, 3.63) is 105 Å². The number of nitriles is 1. The molecule has 1 aromatic carbocycles. The molecule has 0 spiro atoms. The molecule has 7 rings (SSSR count). The summed E-state index contributed by atoms with van der Waals surface area (Å²) in [6.07, 6.45) is 28.2. The maximum Gasteiger partial charge on any atom is 0.275 e. The number of hydrogen-bond acceptors (Lipinski definition) is 5. The number of nitrogens with zero attached hydrogens (tertiary/aromatic N) is 2. The lowest BCUT2D eigenvalue weighted by molar-refractivity contribution is -0.0494. The van der Waals surface area contributed by atoms with Crippen molar-refractivity contribution in [1.29, 1.82) is 5.26 Å². The Balaban J connectivity index is 1.05. The lowest BCUT2D eigenvalue weighted by Crippen LogP contribution is -2.36. The molecule has 2 fully saturated rings. The largest absolute Gasteiger partial charge is 0.445 e. The van der Waals surface area contributed by atoms with E-state index in [1.54, 1.807) is 0 Å². The number of ether oxygens (including phenoxy) is 3. The van der Waals surface area contributed by atoms with Gasteiger partial charge in [-0.15, -0.1) is 0 Å². The van der Waals surface area contributed by atoms with E-state index in [4.69, 9.17) is 25.8 Å². The first kappa shape index (κ1) is 30.1. The topological polar surface area (TPSA) is 64.4 Å². The van der Waals surface area contributed by atoms with Crippen LogP contribution in [0.5, 0.6) is 11.5 Å². The van der Waals surface area contributed by atoms with E-state index in [9.17, 15) is 5.26 Å². The van der Waals surface area contributed by atoms with Crippen LogP contribution in [-0.4, -0.2) is 23.5 Å². The number of aromatic nitrogens is 1. The summed E-state index contributed by atoms with van der Waals surface area (Å²) < 4.78 is 19.0. The molecule has 3 aliphatic carbocycles. The van der Waals surface area contributed by atoms with Crippen LogP contribution in [0.1, 0.15) is 93.0 Å². The second-order valence-electron chi connectivity index (χ2n) is 13.3. The molecule has 0 bridgehead atoms. The summed E-state index contributed by atoms with van der Waals surface area (Å²) in [4.78, 5) is 4.36. The first-order chi connectivity index (χ1) is 22.0. The molecule has 2 aliphatic heterocycles. The Hall–Kier alpha value is -3.59. The second kappa shape index (κ2) is 13.0. The SMILES string of the molecule is C[C@]1(C2=CCC=C(Cl)C=C2)Oc2cccc(C3CCCC(CC4C=Cc5cc(C#N)ncc5C/C(C[C@@H]5CCO5)=C/4)CC3)c2O1. The van der Waals surface area contributed by atoms with Crippen LogP contribution in [0.15, 0.2) is 83.1 Å². The van der Waals surface area contributed by atoms with Gasteiger partial charge in [0.1, 0.15) is 11.8 Å². The number of allylic oxidation sites excluding steroid dienone is 6. The van der Waals surface area contributed by atoms with Crippen LogP contribution in [0.3, 0.4) is 0 Å². The van der Waals surface area contributed by atoms with E-state index in [2.05, 4.69) is 47.5 Å². The smallest absolute Gasteiger partial charge is 0.275 e. The predicted octanol–water partition coefficient (Wildman–Crippen LogP) is 9.49. The Bertz CT molecular complexity index is 1640. The predicted molar refractivity (Wildman–Crippen MR) is 178 cm³/mol. The van der Waals surface area contributed by atoms with Crippen LogP contribution in [0.4, 0.5) is 0 Å². The van der Waals surface area contributed by atoms with E-state index in [1.165, 1.54) is 36.0 Å². The van der Waals surface area contributed by atoms with Crippen LogP contribution in [0, 0.1) is 23.2 Å². The molecule has 1 saturated heterocycles. The van der Waals surface area contributed by atoms with Crippen LogP contribution < -0.4 is 9.47 Å². The van der Waals surface area contributed by atoms with Crippen molar-refractivity contribution in [3.63, 3.8) is 0 Å². The van der Waals surface area contributed by atoms with E-state index in [0.717, 1.165) is 79.2 Å². The van der Waals surface area contributed by atoms with Crippen molar-refractivity contribution in [2.45, 2.75) is 88.9 Å². The monoisotopic (exact) mass is 620 g/mol. The zero-order valence-electron chi connectivity index (χ0n) is 26.0. The van der Waals surface area contributed by atoms with E-state index >= 15 is 0 Å². The lowest BCUT2D eigenvalue weighted by Gasteiger charge is -2.29. The molecule has 5 nitrogen and oxygen atoms in total. The minimum Gasteiger partial charge on any atom is -0.445 e. The quantitative estimate of drug-likeness (QED) is 0.238. The summed E-state index contributed by atoms with van der Waals surface area (Å²) in [5, 5.41) is 10.2. The fourth-order valence-corrected chi connectivity index (χ4v) is 7.77. The number of pyridine rings is 1. The van der Waals surface area contributed by atoms with Crippen LogP contribution in [-0.2, 0) is 11.2 Å². The van der Waals surface area contributed by atoms with Gasteiger partial charge in [0.15, 0.2) is 11.5 Å². The first-order valence-electron chi connectivity index (χ1n) is 16.6. The number of hydrogen-bond donors (Lipinski definition) is 0. The van der Waals surface area contributed by atoms with Crippen molar-refractivity contribution in [3.8, 4) is 17.6 Å². The molecule has 1 saturated carbocycles. The minimum atomic E-state index is -0.862. The number of fused-ring (bicyclic) bond motifs is 2. The Labute approximate surface area is 271 Å². The van der Waals surface area contributed by atoms with Crippen molar-refractivity contribution >= 4 is 17.7 Å². The fraction of sp³-hybridized carbons (Fsp3) is 0.436. The van der Waals surface area contributed by atoms with E-state index in [0.29, 0.717) is 29.6 Å². The van der Waals surface area contributed by atoms with Gasteiger partial charge in [0.25, 0.3) is 5.79 Å². The first-order valence-corrected chi connectivity index (χ1v) is 17.0. The zero-order valence-corrected chi connectivity index (χ0v) is 26.8. The molecule has 6 heteroatoms. The van der Waals surface area contributed by atoms with Crippen molar-refractivity contribution in [1.82, 2.24) is 4.98 Å². The van der Waals surface area contributed by atoms with Crippen LogP contribution in [0.25, 0.3) is 6.08 Å². The molecule has 2 aromatic rings. The molecule has 3 unspecified atom stereocenters. The van der Waals surface area contributed by atoms with E-state index < -0.39 is 5.79 Å². The van der Waals surface area contributed by atoms with Gasteiger partial charge in [-0.2, -0.15) is 5.26 Å². The van der Waals surface area contributed by atoms with E-state index in [-0.39, 0.29) is 0 Å². The molecule has 0 radical (unpaired) electrons. The average Bonchev–Trinajstić information content (AvgIpc) is 3.13. The van der Waals surface area contributed by atoms with Gasteiger partial charge >= 0.3 is 0 Å². The molecule has 5 atom stereocenters. The summed E-state index contributed by atoms with van der Waals surface area (Å²) in [5.41, 5.74) is 6.49. The Morgan fingerprint density at radius 3 is 2.82 bits per heavy atom. The van der Waals surface area contributed by atoms with Crippen molar-refractivity contribution in [2.24, 2.45) is 11.8 Å². The molecular formula is C39H41ClN2O3. The highest BCUT2D eigenvalue weighted by Crippen LogP contribution is 2.50. The number of benzene rings is 1. The van der Waals surface area contributed by atoms with Crippen molar-refractivity contribution in [2.75, 3.05) is 6.61 Å². The maximum atomic E-state index is 9.44. The number of rotatable bonds is 6. The third kappa shape index (κ3) is 6.69. The third-order valence-corrected chi connectivity index (χ3v) is 10.4. The van der Waals surface area contributed by atoms with E-state index in [1.807, 2.05) is 43.5 Å². The van der Waals surface area contributed by atoms with Gasteiger partial charge in [-0.05, 0) is 98.5 Å². The van der Waals surface area contributed by atoms with Crippen LogP contribution >= 0.6 is 11.6 Å². The van der Waals surface area contributed by atoms with Gasteiger partial charge < -0.3 is 14.2 Å². The molecule has 3 heterocycles. The average molecular weight is 621 g/mol. The second-order valence-corrected chi connectivity index (χ2v) is 13.8. The Kier molecular flexibility index (Phi) is 8.71. The standard InChI is InChI=1S/C39H41ClN2O3/c1-39(32-7-3-8-33(40)16-15-32)44-37-10-4-9-36(38(37)45-39)29-6-2-5-26(11-13-29)19-27-12-14-30-23-34(24-41)42-25-31(30)21-28(20-27)22-35-17-18-43-35/h4,7-10,12,14-16,20,23,25-27,29,35H,2-3,5-6,11,13,17-19,21-22H2,1H3/b14-12?,28-20-/t26?,27?,29?,35-,39-/m0/s1. The zero-order chi connectivity index (χ0) is 30.8. The summed E-state index contributed by atoms with van der Waals surface area (Å²) in [5.74, 6) is 2.35. The molecular weight excluding hydrogens is 580 g/mol. The molecule has 0 N–H and O–H groups in total. The molecule has 0 amide bonds. The van der Waals surface area contributed by atoms with Gasteiger partial charge in [0.2, 0.25) is 0 Å². The van der Waals surface area contributed by atoms with Gasteiger partial charge in [0, 0.05) is 35.9 Å². The van der Waals surface area contributed by atoms with Gasteiger partial charge in [-0.25, -0.2) is 4.98 Å². The molecule has 1 aromatic heterocycles. The normalized spacial score (nSPS) is 30.2. The van der Waals surface area contributed by atoms with Gasteiger partial charge in [0.05, 0.1) is 6.10 Å². The fourth-order valence-electron chi connectivity index (χ4n) is 7.62. The van der Waals surface area contributed by atoms with Crippen molar-refractivity contribution < 1.29 is 14.2 Å². The summed E-state index contributed by atoms with van der Waals surface area (Å²) in [6, 6.07) is 10.5. The highest BCUT2D eigenvalue weighted by Gasteiger charge is 2.41. The van der Waals surface area contributed by atoms with Gasteiger partial charge in [-0.3, -0.25) is 0 Å². The lowest BCUT2D eigenvalue weighted by atomic mass is 9.83. The highest BCUT2D eigenvalue weighted by atomic mass is 35.5. The minimum absolute atomic E-state index is 0.332. The molecule has 45 heavy (non-hydrogen) atoms. The summed E-state index contributed by atoms with van der Waals surface area (Å²) in [7, 11) is 0. The third-order valence-electron chi connectivity index (χ3n) is 10.2. The Morgan fingerprint density at radius 2 is 1.98 bits per heavy atom. The Morgan fingerprint density at radius 1 is 1.07 bits per heavy atom. The molecule has 232 valence electrons. The molecule has 5 aliphatic rings. The highest BCUT2D eigenvalue weighted by molar-refractivity contribution is 6.31. The summed E-state index contributed by atoms with van der Waals surface area (Å²) >= 11 is 6.26. The van der Waals surface area contributed by atoms with Crippen LogP contribution in [0.2, 0.25) is 0 Å². The summed E-state index contributed by atoms with van der Waals surface area (Å²) in [6.45, 7) is 2.88. The maximum absolute atomic E-state index is 9.44. The number of halogens is 1.